The summed E-state index contributed by atoms with van der Waals surface area (Å²) >= 11 is 0. The van der Waals surface area contributed by atoms with Crippen LogP contribution in [-0.2, 0) is 0 Å². The topological polar surface area (TPSA) is 38.8 Å². The molecule has 0 aliphatic heterocycles. The average molecular weight is 257 g/mol. The Hall–Kier alpha value is -1.11. The predicted molar refractivity (Wildman–Crippen MR) is 70.0 cm³/mol. The van der Waals surface area contributed by atoms with Crippen molar-refractivity contribution in [1.29, 1.82) is 0 Å². The first kappa shape index (κ1) is 17.9. The number of rotatable bonds is 4. The fraction of sp³-hybridized carbons (Fsp3) is 0.500. The molecule has 0 spiro atoms. The van der Waals surface area contributed by atoms with Crippen molar-refractivity contribution in [2.75, 3.05) is 7.11 Å². The zero-order valence-electron chi connectivity index (χ0n) is 12.6. The smallest absolute Gasteiger partial charge is 0.522 e. The number of hydrogen-bond acceptors (Lipinski definition) is 3. The van der Waals surface area contributed by atoms with E-state index in [1.54, 1.807) is 30.2 Å². The van der Waals surface area contributed by atoms with Gasteiger partial charge in [-0.1, -0.05) is 6.07 Å². The van der Waals surface area contributed by atoms with E-state index in [4.69, 9.17) is 9.47 Å². The molecule has 0 saturated carbocycles. The number of methoxy groups -OCH3 is 1. The van der Waals surface area contributed by atoms with Gasteiger partial charge >= 0.3 is 25.0 Å². The van der Waals surface area contributed by atoms with Gasteiger partial charge in [0.25, 0.3) is 0 Å². The van der Waals surface area contributed by atoms with Crippen molar-refractivity contribution in [1.82, 2.24) is 4.90 Å². The summed E-state index contributed by atoms with van der Waals surface area (Å²) in [6.45, 7) is 7.82. The van der Waals surface area contributed by atoms with Crippen molar-refractivity contribution in [3.8, 4) is 11.5 Å². The van der Waals surface area contributed by atoms with Crippen LogP contribution in [0.3, 0.4) is 0 Å². The second-order valence-corrected chi connectivity index (χ2v) is 4.55. The number of hydrogen-bond donors (Lipinski definition) is 0. The minimum absolute atomic E-state index is 0. The average Bonchev–Trinajstić information content (AvgIpc) is 2.28. The van der Waals surface area contributed by atoms with Crippen LogP contribution in [0.5, 0.6) is 11.5 Å². The van der Waals surface area contributed by atoms with Crippen LogP contribution in [0.15, 0.2) is 18.2 Å². The van der Waals surface area contributed by atoms with E-state index >= 15 is 0 Å². The molecule has 19 heavy (non-hydrogen) atoms. The molecule has 0 atom stereocenters. The quantitative estimate of drug-likeness (QED) is 0.568. The Morgan fingerprint density at radius 2 is 1.68 bits per heavy atom. The monoisotopic (exact) mass is 257 g/mol. The number of nitrogens with zero attached hydrogens (tertiary/aromatic N) is 1. The van der Waals surface area contributed by atoms with E-state index in [0.717, 1.165) is 0 Å². The predicted octanol–water partition coefficient (Wildman–Crippen LogP) is 0.117. The van der Waals surface area contributed by atoms with Crippen molar-refractivity contribution in [2.24, 2.45) is 0 Å². The molecule has 0 radical (unpaired) electrons. The van der Waals surface area contributed by atoms with Crippen molar-refractivity contribution < 1.29 is 33.1 Å². The maximum atomic E-state index is 12.0. The van der Waals surface area contributed by atoms with E-state index in [1.807, 2.05) is 27.7 Å². The maximum Gasteiger partial charge on any atom is 1.00 e. The molecular formula is C14H20LiNO3. The summed E-state index contributed by atoms with van der Waals surface area (Å²) in [5, 5.41) is 0. The normalized spacial score (nSPS) is 10.1. The van der Waals surface area contributed by atoms with Gasteiger partial charge in [0.05, 0.1) is 7.11 Å². The molecule has 1 aromatic carbocycles. The SMILES string of the molecule is COc1[c-]c(OC(=O)N(C(C)C)C(C)C)ccc1.[Li+]. The van der Waals surface area contributed by atoms with E-state index in [0.29, 0.717) is 11.5 Å². The Bertz CT molecular complexity index is 399. The fourth-order valence-electron chi connectivity index (χ4n) is 1.77. The molecule has 1 rings (SSSR count). The summed E-state index contributed by atoms with van der Waals surface area (Å²) < 4.78 is 10.3. The Morgan fingerprint density at radius 3 is 2.16 bits per heavy atom. The van der Waals surface area contributed by atoms with Crippen molar-refractivity contribution in [3.05, 3.63) is 24.3 Å². The zero-order valence-corrected chi connectivity index (χ0v) is 12.6. The summed E-state index contributed by atoms with van der Waals surface area (Å²) in [7, 11) is 1.55. The van der Waals surface area contributed by atoms with Crippen LogP contribution >= 0.6 is 0 Å². The van der Waals surface area contributed by atoms with Gasteiger partial charge in [-0.05, 0) is 27.7 Å². The van der Waals surface area contributed by atoms with E-state index in [2.05, 4.69) is 6.07 Å². The molecule has 1 aromatic rings. The molecule has 0 unspecified atom stereocenters. The van der Waals surface area contributed by atoms with Gasteiger partial charge < -0.3 is 14.4 Å². The second kappa shape index (κ2) is 8.14. The fourth-order valence-corrected chi connectivity index (χ4v) is 1.77. The minimum Gasteiger partial charge on any atom is -0.522 e. The third-order valence-corrected chi connectivity index (χ3v) is 2.48. The molecule has 0 bridgehead atoms. The molecule has 0 heterocycles. The van der Waals surface area contributed by atoms with Crippen LogP contribution in [0.1, 0.15) is 27.7 Å². The standard InChI is InChI=1S/C14H20NO3.Li/c1-10(2)15(11(3)4)14(16)18-13-8-6-7-12(9-13)17-5;/h6-8,10-11H,1-5H3;/q-1;+1. The third-order valence-electron chi connectivity index (χ3n) is 2.48. The number of ether oxygens (including phenoxy) is 2. The van der Waals surface area contributed by atoms with Gasteiger partial charge in [0.15, 0.2) is 0 Å². The van der Waals surface area contributed by atoms with Crippen LogP contribution in [0.2, 0.25) is 0 Å². The van der Waals surface area contributed by atoms with E-state index in [-0.39, 0.29) is 37.0 Å². The number of carbonyl (C=O) groups excluding carboxylic acids is 1. The van der Waals surface area contributed by atoms with Crippen LogP contribution in [0.25, 0.3) is 0 Å². The summed E-state index contributed by atoms with van der Waals surface area (Å²) in [6.07, 6.45) is -0.371. The summed E-state index contributed by atoms with van der Waals surface area (Å²) in [5.41, 5.74) is 0. The van der Waals surface area contributed by atoms with Gasteiger partial charge in [0.1, 0.15) is 0 Å². The van der Waals surface area contributed by atoms with Gasteiger partial charge in [-0.15, -0.1) is 12.1 Å². The van der Waals surface area contributed by atoms with Crippen LogP contribution < -0.4 is 28.3 Å². The van der Waals surface area contributed by atoms with Gasteiger partial charge in [0.2, 0.25) is 0 Å². The van der Waals surface area contributed by atoms with Gasteiger partial charge in [-0.3, -0.25) is 0 Å². The molecular weight excluding hydrogens is 237 g/mol. The molecule has 0 N–H and O–H groups in total. The first-order valence-corrected chi connectivity index (χ1v) is 6.02. The van der Waals surface area contributed by atoms with Crippen LogP contribution in [0.4, 0.5) is 4.79 Å². The third kappa shape index (κ3) is 5.18. The van der Waals surface area contributed by atoms with Crippen molar-refractivity contribution >= 4 is 6.09 Å². The van der Waals surface area contributed by atoms with Crippen LogP contribution in [0, 0.1) is 6.07 Å². The number of benzene rings is 1. The Balaban J connectivity index is 0.00000324. The molecule has 0 fully saturated rings. The van der Waals surface area contributed by atoms with E-state index < -0.39 is 0 Å². The van der Waals surface area contributed by atoms with Gasteiger partial charge in [-0.25, -0.2) is 4.79 Å². The molecule has 100 valence electrons. The summed E-state index contributed by atoms with van der Waals surface area (Å²) in [4.78, 5) is 13.7. The zero-order chi connectivity index (χ0) is 13.7. The molecule has 0 saturated heterocycles. The second-order valence-electron chi connectivity index (χ2n) is 4.55. The molecule has 5 heteroatoms. The molecule has 0 aliphatic rings. The first-order valence-electron chi connectivity index (χ1n) is 6.02. The maximum absolute atomic E-state index is 12.0. The molecule has 4 nitrogen and oxygen atoms in total. The van der Waals surface area contributed by atoms with Crippen molar-refractivity contribution in [3.63, 3.8) is 0 Å². The number of amides is 1. The Labute approximate surface area is 127 Å². The summed E-state index contributed by atoms with van der Waals surface area (Å²) in [5.74, 6) is 0.909. The minimum atomic E-state index is -0.371. The van der Waals surface area contributed by atoms with E-state index in [9.17, 15) is 4.79 Å². The first-order chi connectivity index (χ1) is 8.45. The van der Waals surface area contributed by atoms with E-state index in [1.165, 1.54) is 0 Å². The molecule has 1 amide bonds. The van der Waals surface area contributed by atoms with Crippen LogP contribution in [-0.4, -0.2) is 30.2 Å². The Kier molecular flexibility index (Phi) is 7.66. The van der Waals surface area contributed by atoms with Gasteiger partial charge in [-0.2, -0.15) is 6.07 Å². The van der Waals surface area contributed by atoms with Crippen molar-refractivity contribution in [2.45, 2.75) is 39.8 Å². The summed E-state index contributed by atoms with van der Waals surface area (Å²) in [6, 6.07) is 8.22. The largest absolute Gasteiger partial charge is 1.00 e. The molecule has 0 aliphatic carbocycles. The number of carbonyl (C=O) groups is 1. The van der Waals surface area contributed by atoms with Gasteiger partial charge in [0, 0.05) is 23.6 Å². The molecule has 0 aromatic heterocycles. The Morgan fingerprint density at radius 1 is 1.16 bits per heavy atom.